The van der Waals surface area contributed by atoms with Crippen LogP contribution >= 0.6 is 0 Å². The average Bonchev–Trinajstić information content (AvgIpc) is 2.76. The van der Waals surface area contributed by atoms with Crippen LogP contribution in [0.3, 0.4) is 0 Å². The summed E-state index contributed by atoms with van der Waals surface area (Å²) in [6.45, 7) is 0.508. The zero-order chi connectivity index (χ0) is 22.1. The number of rotatable bonds is 8. The molecule has 166 valence electrons. The number of nitriles is 1. The molecule has 1 amide bonds. The summed E-state index contributed by atoms with van der Waals surface area (Å²) in [7, 11) is 0. The van der Waals surface area contributed by atoms with E-state index in [1.807, 2.05) is 6.07 Å². The fourth-order valence-electron chi connectivity index (χ4n) is 6.19. The van der Waals surface area contributed by atoms with Crippen LogP contribution in [0.1, 0.15) is 48.9 Å². The zero-order valence-corrected chi connectivity index (χ0v) is 17.8. The molecule has 9 nitrogen and oxygen atoms in total. The van der Waals surface area contributed by atoms with Gasteiger partial charge >= 0.3 is 0 Å². The second-order valence-corrected chi connectivity index (χ2v) is 9.27. The number of pyridine rings is 1. The molecule has 0 aromatic carbocycles. The molecule has 9 heteroatoms. The van der Waals surface area contributed by atoms with Gasteiger partial charge in [0.25, 0.3) is 5.91 Å². The summed E-state index contributed by atoms with van der Waals surface area (Å²) in [5.41, 5.74) is 6.63. The lowest BCUT2D eigenvalue weighted by atomic mass is 9.52. The summed E-state index contributed by atoms with van der Waals surface area (Å²) in [4.78, 5) is 24.7. The molecule has 4 saturated carbocycles. The van der Waals surface area contributed by atoms with E-state index in [4.69, 9.17) is 15.7 Å². The lowest BCUT2D eigenvalue weighted by Gasteiger charge is -2.59. The molecule has 4 N–H and O–H groups in total. The normalized spacial score (nSPS) is 30.0. The Labute approximate surface area is 186 Å². The summed E-state index contributed by atoms with van der Waals surface area (Å²) in [5.74, 6) is 2.24. The maximum atomic E-state index is 12.1. The predicted molar refractivity (Wildman–Crippen MR) is 118 cm³/mol. The fraction of sp³-hybridized carbons (Fsp3) is 0.522. The zero-order valence-electron chi connectivity index (χ0n) is 17.8. The van der Waals surface area contributed by atoms with E-state index in [0.29, 0.717) is 53.7 Å². The van der Waals surface area contributed by atoms with Gasteiger partial charge in [0, 0.05) is 30.7 Å². The van der Waals surface area contributed by atoms with Crippen molar-refractivity contribution in [1.29, 1.82) is 5.26 Å². The van der Waals surface area contributed by atoms with Crippen molar-refractivity contribution >= 4 is 23.2 Å². The predicted octanol–water partition coefficient (Wildman–Crippen LogP) is 3.00. The molecule has 0 spiro atoms. The van der Waals surface area contributed by atoms with E-state index in [2.05, 4.69) is 31.7 Å². The Morgan fingerprint density at radius 3 is 2.69 bits per heavy atom. The van der Waals surface area contributed by atoms with Crippen molar-refractivity contribution in [3.63, 3.8) is 0 Å². The molecule has 4 aliphatic carbocycles. The van der Waals surface area contributed by atoms with E-state index in [-0.39, 0.29) is 11.6 Å². The van der Waals surface area contributed by atoms with E-state index in [0.717, 1.165) is 19.3 Å². The minimum atomic E-state index is -0.508. The Morgan fingerprint density at radius 1 is 1.19 bits per heavy atom. The van der Waals surface area contributed by atoms with Gasteiger partial charge in [0.2, 0.25) is 0 Å². The third-order valence-corrected chi connectivity index (χ3v) is 7.15. The van der Waals surface area contributed by atoms with Gasteiger partial charge < -0.3 is 21.1 Å². The smallest absolute Gasteiger partial charge is 0.252 e. The number of amides is 1. The average molecular weight is 434 g/mol. The van der Waals surface area contributed by atoms with Gasteiger partial charge in [-0.25, -0.2) is 9.97 Å². The first-order valence-corrected chi connectivity index (χ1v) is 11.2. The minimum absolute atomic E-state index is 0.0883. The molecule has 0 unspecified atom stereocenters. The van der Waals surface area contributed by atoms with Crippen LogP contribution in [0.5, 0.6) is 0 Å². The van der Waals surface area contributed by atoms with Crippen LogP contribution in [0.25, 0.3) is 0 Å². The second-order valence-electron chi connectivity index (χ2n) is 9.27. The van der Waals surface area contributed by atoms with E-state index in [1.54, 1.807) is 18.6 Å². The summed E-state index contributed by atoms with van der Waals surface area (Å²) in [5, 5.41) is 15.7. The largest absolute Gasteiger partial charge is 0.381 e. The summed E-state index contributed by atoms with van der Waals surface area (Å²) in [6.07, 6.45) is 12.2. The Morgan fingerprint density at radius 2 is 2.00 bits per heavy atom. The molecule has 2 aromatic rings. The number of nitrogens with two attached hydrogens (primary N) is 1. The van der Waals surface area contributed by atoms with Crippen LogP contribution in [-0.4, -0.2) is 39.1 Å². The van der Waals surface area contributed by atoms with Crippen molar-refractivity contribution in [2.75, 3.05) is 17.2 Å². The molecule has 4 fully saturated rings. The Balaban J connectivity index is 1.36. The van der Waals surface area contributed by atoms with Crippen molar-refractivity contribution in [3.05, 3.63) is 36.4 Å². The number of nitrogens with zero attached hydrogens (tertiary/aromatic N) is 4. The van der Waals surface area contributed by atoms with Crippen LogP contribution in [0.2, 0.25) is 0 Å². The van der Waals surface area contributed by atoms with E-state index in [1.165, 1.54) is 19.0 Å². The summed E-state index contributed by atoms with van der Waals surface area (Å²) in [6, 6.07) is 4.25. The molecule has 0 radical (unpaired) electrons. The van der Waals surface area contributed by atoms with Gasteiger partial charge in [0.1, 0.15) is 11.6 Å². The van der Waals surface area contributed by atoms with Crippen molar-refractivity contribution in [1.82, 2.24) is 15.0 Å². The molecule has 0 aliphatic heterocycles. The van der Waals surface area contributed by atoms with E-state index >= 15 is 0 Å². The molecule has 2 heterocycles. The summed E-state index contributed by atoms with van der Waals surface area (Å²) < 4.78 is 6.27. The van der Waals surface area contributed by atoms with Gasteiger partial charge in [0.05, 0.1) is 42.1 Å². The summed E-state index contributed by atoms with van der Waals surface area (Å²) >= 11 is 0. The lowest BCUT2D eigenvalue weighted by Crippen LogP contribution is -2.60. The van der Waals surface area contributed by atoms with Crippen molar-refractivity contribution in [3.8, 4) is 6.07 Å². The molecular weight excluding hydrogens is 406 g/mol. The molecule has 5 atom stereocenters. The maximum absolute atomic E-state index is 12.1. The van der Waals surface area contributed by atoms with Gasteiger partial charge in [0.15, 0.2) is 0 Å². The van der Waals surface area contributed by atoms with Crippen LogP contribution in [0.4, 0.5) is 17.3 Å². The van der Waals surface area contributed by atoms with Gasteiger partial charge in [-0.2, -0.15) is 5.26 Å². The lowest BCUT2D eigenvalue weighted by molar-refractivity contribution is -0.165. The van der Waals surface area contributed by atoms with Crippen LogP contribution in [0, 0.1) is 29.1 Å². The van der Waals surface area contributed by atoms with E-state index in [9.17, 15) is 4.79 Å². The van der Waals surface area contributed by atoms with Crippen molar-refractivity contribution in [2.24, 2.45) is 23.5 Å². The van der Waals surface area contributed by atoms with Gasteiger partial charge in [-0.05, 0) is 49.9 Å². The Kier molecular flexibility index (Phi) is 5.39. The molecule has 0 saturated heterocycles. The van der Waals surface area contributed by atoms with Gasteiger partial charge in [-0.1, -0.05) is 0 Å². The van der Waals surface area contributed by atoms with Crippen LogP contribution < -0.4 is 16.4 Å². The number of carbonyl (C=O) groups excluding carboxylic acids is 1. The highest BCUT2D eigenvalue weighted by molar-refractivity contribution is 5.98. The number of hydrogen-bond acceptors (Lipinski definition) is 8. The number of aromatic nitrogens is 3. The highest BCUT2D eigenvalue weighted by atomic mass is 16.5. The first kappa shape index (κ1) is 20.6. The molecular formula is C23H27N7O2. The topological polar surface area (TPSA) is 139 Å². The maximum Gasteiger partial charge on any atom is 0.252 e. The molecule has 4 bridgehead atoms. The quantitative estimate of drug-likeness (QED) is 0.540. The third kappa shape index (κ3) is 3.98. The first-order valence-electron chi connectivity index (χ1n) is 11.2. The number of ether oxygens (including phenoxy) is 1. The number of primary amides is 1. The molecule has 32 heavy (non-hydrogen) atoms. The van der Waals surface area contributed by atoms with E-state index < -0.39 is 5.91 Å². The van der Waals surface area contributed by atoms with Gasteiger partial charge in [-0.15, -0.1) is 0 Å². The SMILES string of the molecule is N#CCCO[C@]12C[C@@H]3C[C@H](C1)[C@@H](Nc1cc(Nc4cnccn4)ncc1C(N)=O)[C@@H](C3)C2. The Bertz CT molecular complexity index is 1020. The van der Waals surface area contributed by atoms with Crippen LogP contribution in [0.15, 0.2) is 30.9 Å². The number of hydrogen-bond donors (Lipinski definition) is 3. The number of carbonyl (C=O) groups is 1. The van der Waals surface area contributed by atoms with Gasteiger partial charge in [-0.3, -0.25) is 9.78 Å². The highest BCUT2D eigenvalue weighted by Gasteiger charge is 2.56. The number of nitrogens with one attached hydrogen (secondary N) is 2. The monoisotopic (exact) mass is 433 g/mol. The molecule has 2 aromatic heterocycles. The molecule has 4 aliphatic rings. The first-order chi connectivity index (χ1) is 15.5. The third-order valence-electron chi connectivity index (χ3n) is 7.15. The molecule has 6 rings (SSSR count). The highest BCUT2D eigenvalue weighted by Crippen LogP contribution is 2.57. The van der Waals surface area contributed by atoms with Crippen molar-refractivity contribution in [2.45, 2.75) is 50.2 Å². The van der Waals surface area contributed by atoms with Crippen molar-refractivity contribution < 1.29 is 9.53 Å². The number of anilines is 3. The Hall–Kier alpha value is -3.25. The standard InChI is InChI=1S/C23H27N7O2/c24-2-1-5-32-23-9-14-6-15(10-23)21(16(7-14)11-23)29-18-8-19(28-12-17(18)22(25)31)30-20-13-26-3-4-27-20/h3-4,8,12-16,21H,1,5-7,9-11H2,(H2,25,31)(H2,27,28,29,30)/t14-,15-,16+,21-,23-. The van der Waals surface area contributed by atoms with Crippen LogP contribution in [-0.2, 0) is 4.74 Å². The minimum Gasteiger partial charge on any atom is -0.381 e. The fourth-order valence-corrected chi connectivity index (χ4v) is 6.19. The second kappa shape index (κ2) is 8.36.